The molecule has 0 atom stereocenters. The third kappa shape index (κ3) is 4.30. The highest BCUT2D eigenvalue weighted by atomic mass is 19.1. The normalized spacial score (nSPS) is 16.4. The molecular weight excluding hydrogens is 441 g/mol. The molecule has 0 unspecified atom stereocenters. The summed E-state index contributed by atoms with van der Waals surface area (Å²) in [6, 6.07) is 8.22. The Kier molecular flexibility index (Phi) is 5.22. The molecule has 0 radical (unpaired) electrons. The fourth-order valence-electron chi connectivity index (χ4n) is 3.98. The van der Waals surface area contributed by atoms with Crippen LogP contribution in [0.25, 0.3) is 0 Å². The number of fused-ring (bicyclic) bond motifs is 1. The lowest BCUT2D eigenvalue weighted by Gasteiger charge is -2.33. The molecule has 3 aromatic rings. The summed E-state index contributed by atoms with van der Waals surface area (Å²) < 4.78 is 26.8. The molecule has 0 aliphatic carbocycles. The number of nitrogens with zero attached hydrogens (tertiary/aromatic N) is 4. The Hall–Kier alpha value is -3.95. The molecule has 2 aliphatic heterocycles. The van der Waals surface area contributed by atoms with Gasteiger partial charge in [0.15, 0.2) is 5.82 Å². The molecule has 1 saturated heterocycles. The summed E-state index contributed by atoms with van der Waals surface area (Å²) >= 11 is 0. The highest BCUT2D eigenvalue weighted by Crippen LogP contribution is 2.43. The zero-order valence-electron chi connectivity index (χ0n) is 19.0. The maximum absolute atomic E-state index is 13.0. The lowest BCUT2D eigenvalue weighted by Crippen LogP contribution is -2.51. The SMILES string of the molecule is Cn1ccc(NC(=O)c2cc(Oc3ccc(C(=O)N4CC(F)C4)nc3)c3c(c2)OC(C)(C)C3)n1. The number of anilines is 1. The molecule has 9 nitrogen and oxygen atoms in total. The number of amides is 2. The van der Waals surface area contributed by atoms with Gasteiger partial charge in [0.05, 0.1) is 19.3 Å². The molecule has 1 aromatic carbocycles. The van der Waals surface area contributed by atoms with Gasteiger partial charge in [-0.05, 0) is 38.1 Å². The summed E-state index contributed by atoms with van der Waals surface area (Å²) in [4.78, 5) is 30.8. The standard InChI is InChI=1S/C24H24FN5O4/c1-24(2)10-17-19(33-16-4-5-18(26-11-16)23(32)30-12-15(25)13-30)8-14(9-20(17)34-24)22(31)27-21-6-7-29(3)28-21/h4-9,11,15H,10,12-13H2,1-3H3,(H,27,28,31). The van der Waals surface area contributed by atoms with E-state index in [1.807, 2.05) is 13.8 Å². The first-order chi connectivity index (χ1) is 16.2. The molecule has 34 heavy (non-hydrogen) atoms. The third-order valence-electron chi connectivity index (χ3n) is 5.68. The lowest BCUT2D eigenvalue weighted by atomic mass is 9.99. The number of likely N-dealkylation sites (tertiary alicyclic amines) is 1. The van der Waals surface area contributed by atoms with Gasteiger partial charge in [-0.15, -0.1) is 0 Å². The summed E-state index contributed by atoms with van der Waals surface area (Å²) in [5, 5.41) is 6.94. The van der Waals surface area contributed by atoms with Crippen molar-refractivity contribution in [2.24, 2.45) is 7.05 Å². The van der Waals surface area contributed by atoms with Crippen LogP contribution in [-0.2, 0) is 13.5 Å². The van der Waals surface area contributed by atoms with Crippen LogP contribution in [0, 0.1) is 0 Å². The smallest absolute Gasteiger partial charge is 0.272 e. The van der Waals surface area contributed by atoms with Gasteiger partial charge in [0.1, 0.15) is 34.7 Å². The van der Waals surface area contributed by atoms with Gasteiger partial charge < -0.3 is 19.7 Å². The molecule has 1 N–H and O–H groups in total. The quantitative estimate of drug-likeness (QED) is 0.621. The number of alkyl halides is 1. The van der Waals surface area contributed by atoms with Gasteiger partial charge in [-0.3, -0.25) is 14.3 Å². The van der Waals surface area contributed by atoms with Crippen molar-refractivity contribution in [1.29, 1.82) is 0 Å². The van der Waals surface area contributed by atoms with E-state index < -0.39 is 11.8 Å². The minimum atomic E-state index is -0.970. The second kappa shape index (κ2) is 8.12. The number of carbonyl (C=O) groups is 2. The summed E-state index contributed by atoms with van der Waals surface area (Å²) in [7, 11) is 1.77. The van der Waals surface area contributed by atoms with Crippen LogP contribution in [0.15, 0.2) is 42.7 Å². The van der Waals surface area contributed by atoms with Gasteiger partial charge in [0, 0.05) is 36.9 Å². The van der Waals surface area contributed by atoms with Gasteiger partial charge >= 0.3 is 0 Å². The van der Waals surface area contributed by atoms with Gasteiger partial charge in [-0.2, -0.15) is 5.10 Å². The average molecular weight is 465 g/mol. The van der Waals surface area contributed by atoms with E-state index in [1.165, 1.54) is 11.1 Å². The second-order valence-corrected chi connectivity index (χ2v) is 9.11. The Morgan fingerprint density at radius 3 is 2.68 bits per heavy atom. The molecule has 0 bridgehead atoms. The number of carbonyl (C=O) groups excluding carboxylic acids is 2. The Bertz CT molecular complexity index is 1260. The number of nitrogens with one attached hydrogen (secondary N) is 1. The molecule has 0 saturated carbocycles. The van der Waals surface area contributed by atoms with Crippen LogP contribution in [-0.4, -0.2) is 56.3 Å². The van der Waals surface area contributed by atoms with Crippen molar-refractivity contribution in [1.82, 2.24) is 19.7 Å². The van der Waals surface area contributed by atoms with Crippen molar-refractivity contribution >= 4 is 17.6 Å². The van der Waals surface area contributed by atoms with Gasteiger partial charge in [-0.25, -0.2) is 9.37 Å². The molecule has 0 spiro atoms. The first kappa shape index (κ1) is 21.9. The Morgan fingerprint density at radius 1 is 1.24 bits per heavy atom. The van der Waals surface area contributed by atoms with E-state index in [2.05, 4.69) is 15.4 Å². The van der Waals surface area contributed by atoms with Crippen LogP contribution in [0.5, 0.6) is 17.2 Å². The summed E-state index contributed by atoms with van der Waals surface area (Å²) in [6.07, 6.45) is 2.80. The van der Waals surface area contributed by atoms with Crippen molar-refractivity contribution in [2.45, 2.75) is 32.0 Å². The van der Waals surface area contributed by atoms with Crippen LogP contribution >= 0.6 is 0 Å². The monoisotopic (exact) mass is 465 g/mol. The number of rotatable bonds is 5. The van der Waals surface area contributed by atoms with Gasteiger partial charge in [0.2, 0.25) is 0 Å². The minimum Gasteiger partial charge on any atom is -0.487 e. The van der Waals surface area contributed by atoms with Crippen molar-refractivity contribution in [3.05, 3.63) is 59.5 Å². The molecule has 176 valence electrons. The van der Waals surface area contributed by atoms with Gasteiger partial charge in [0.25, 0.3) is 11.8 Å². The summed E-state index contributed by atoms with van der Waals surface area (Å²) in [6.45, 7) is 4.11. The number of pyridine rings is 1. The number of aromatic nitrogens is 3. The zero-order chi connectivity index (χ0) is 24.0. The number of ether oxygens (including phenoxy) is 2. The highest BCUT2D eigenvalue weighted by Gasteiger charge is 2.34. The van der Waals surface area contributed by atoms with E-state index in [9.17, 15) is 14.0 Å². The number of benzene rings is 1. The van der Waals surface area contributed by atoms with Crippen LogP contribution in [0.2, 0.25) is 0 Å². The molecule has 5 rings (SSSR count). The number of hydrogen-bond acceptors (Lipinski definition) is 6. The predicted molar refractivity (Wildman–Crippen MR) is 121 cm³/mol. The molecular formula is C24H24FN5O4. The molecule has 4 heterocycles. The van der Waals surface area contributed by atoms with Crippen LogP contribution in [0.4, 0.5) is 10.2 Å². The Labute approximate surface area is 195 Å². The van der Waals surface area contributed by atoms with E-state index in [0.717, 1.165) is 5.56 Å². The maximum Gasteiger partial charge on any atom is 0.272 e. The van der Waals surface area contributed by atoms with Crippen LogP contribution < -0.4 is 14.8 Å². The minimum absolute atomic E-state index is 0.0913. The Morgan fingerprint density at radius 2 is 2.03 bits per heavy atom. The van der Waals surface area contributed by atoms with E-state index in [1.54, 1.807) is 48.3 Å². The van der Waals surface area contributed by atoms with E-state index in [0.29, 0.717) is 35.1 Å². The Balaban J connectivity index is 1.39. The van der Waals surface area contributed by atoms with Crippen LogP contribution in [0.3, 0.4) is 0 Å². The summed E-state index contributed by atoms with van der Waals surface area (Å²) in [5.74, 6) is 1.22. The lowest BCUT2D eigenvalue weighted by molar-refractivity contribution is 0.0394. The summed E-state index contributed by atoms with van der Waals surface area (Å²) in [5.41, 5.74) is 0.971. The molecule has 2 amide bonds. The average Bonchev–Trinajstić information content (AvgIpc) is 3.32. The second-order valence-electron chi connectivity index (χ2n) is 9.11. The van der Waals surface area contributed by atoms with Gasteiger partial charge in [-0.1, -0.05) is 0 Å². The number of hydrogen-bond donors (Lipinski definition) is 1. The first-order valence-corrected chi connectivity index (χ1v) is 10.9. The van der Waals surface area contributed by atoms with Crippen molar-refractivity contribution in [3.63, 3.8) is 0 Å². The highest BCUT2D eigenvalue weighted by molar-refractivity contribution is 6.04. The topological polar surface area (TPSA) is 98.6 Å². The largest absolute Gasteiger partial charge is 0.487 e. The van der Waals surface area contributed by atoms with E-state index >= 15 is 0 Å². The number of halogens is 1. The predicted octanol–water partition coefficient (Wildman–Crippen LogP) is 3.37. The third-order valence-corrected chi connectivity index (χ3v) is 5.68. The fraction of sp³-hybridized carbons (Fsp3) is 0.333. The molecule has 1 fully saturated rings. The molecule has 10 heteroatoms. The van der Waals surface area contributed by atoms with Crippen LogP contribution in [0.1, 0.15) is 40.3 Å². The van der Waals surface area contributed by atoms with E-state index in [-0.39, 0.29) is 30.6 Å². The fourth-order valence-corrected chi connectivity index (χ4v) is 3.98. The van der Waals surface area contributed by atoms with Crippen molar-refractivity contribution < 1.29 is 23.5 Å². The molecule has 2 aliphatic rings. The van der Waals surface area contributed by atoms with Crippen molar-refractivity contribution in [2.75, 3.05) is 18.4 Å². The first-order valence-electron chi connectivity index (χ1n) is 10.9. The number of aryl methyl sites for hydroxylation is 1. The van der Waals surface area contributed by atoms with Crippen molar-refractivity contribution in [3.8, 4) is 17.2 Å². The maximum atomic E-state index is 13.0. The molecule has 2 aromatic heterocycles. The van der Waals surface area contributed by atoms with E-state index in [4.69, 9.17) is 9.47 Å². The zero-order valence-corrected chi connectivity index (χ0v) is 19.0.